The second-order valence-corrected chi connectivity index (χ2v) is 5.74. The standard InChI is InChI=1S/C18H13ClN2O6/c19-13-7-5-12(6-8-13)16-9-20-17(27-16)10-26-18(22)11-25-15-4-2-1-3-14(15)21(23)24/h1-9H,10-11H2. The fraction of sp³-hybridized carbons (Fsp3) is 0.111. The Balaban J connectivity index is 1.53. The summed E-state index contributed by atoms with van der Waals surface area (Å²) in [5, 5.41) is 11.5. The van der Waals surface area contributed by atoms with Crippen molar-refractivity contribution >= 4 is 23.3 Å². The highest BCUT2D eigenvalue weighted by Gasteiger charge is 2.16. The number of hydrogen-bond acceptors (Lipinski definition) is 7. The van der Waals surface area contributed by atoms with Gasteiger partial charge < -0.3 is 13.9 Å². The molecule has 0 aliphatic carbocycles. The molecule has 3 aromatic rings. The molecule has 2 aromatic carbocycles. The van der Waals surface area contributed by atoms with Gasteiger partial charge in [0, 0.05) is 16.7 Å². The number of carbonyl (C=O) groups is 1. The fourth-order valence-corrected chi connectivity index (χ4v) is 2.30. The quantitative estimate of drug-likeness (QED) is 0.342. The number of hydrogen-bond donors (Lipinski definition) is 0. The van der Waals surface area contributed by atoms with Crippen LogP contribution in [0.25, 0.3) is 11.3 Å². The molecule has 0 saturated heterocycles. The van der Waals surface area contributed by atoms with Crippen molar-refractivity contribution < 1.29 is 23.6 Å². The number of nitro benzene ring substituents is 1. The Kier molecular flexibility index (Phi) is 5.68. The summed E-state index contributed by atoms with van der Waals surface area (Å²) in [6, 6.07) is 12.8. The number of halogens is 1. The second-order valence-electron chi connectivity index (χ2n) is 5.30. The lowest BCUT2D eigenvalue weighted by molar-refractivity contribution is -0.385. The van der Waals surface area contributed by atoms with Gasteiger partial charge in [-0.1, -0.05) is 23.7 Å². The third kappa shape index (κ3) is 4.83. The number of rotatable bonds is 7. The number of para-hydroxylation sites is 2. The SMILES string of the molecule is O=C(COc1ccccc1[N+](=O)[O-])OCc1ncc(-c2ccc(Cl)cc2)o1. The maximum absolute atomic E-state index is 11.8. The number of carbonyl (C=O) groups excluding carboxylic acids is 1. The van der Waals surface area contributed by atoms with Crippen LogP contribution in [0, 0.1) is 10.1 Å². The molecule has 0 aliphatic heterocycles. The Morgan fingerprint density at radius 3 is 2.67 bits per heavy atom. The van der Waals surface area contributed by atoms with Crippen LogP contribution in [0.2, 0.25) is 5.02 Å². The van der Waals surface area contributed by atoms with Crippen LogP contribution in [0.5, 0.6) is 5.75 Å². The van der Waals surface area contributed by atoms with Gasteiger partial charge in [-0.2, -0.15) is 0 Å². The maximum Gasteiger partial charge on any atom is 0.344 e. The third-order valence-electron chi connectivity index (χ3n) is 3.45. The molecule has 1 aromatic heterocycles. The third-order valence-corrected chi connectivity index (χ3v) is 3.70. The first-order valence-electron chi connectivity index (χ1n) is 7.75. The summed E-state index contributed by atoms with van der Waals surface area (Å²) in [4.78, 5) is 26.1. The van der Waals surface area contributed by atoms with E-state index in [-0.39, 0.29) is 23.9 Å². The van der Waals surface area contributed by atoms with Gasteiger partial charge in [-0.05, 0) is 30.3 Å². The Morgan fingerprint density at radius 1 is 1.19 bits per heavy atom. The van der Waals surface area contributed by atoms with Crippen LogP contribution in [-0.2, 0) is 16.1 Å². The molecular formula is C18H13ClN2O6. The van der Waals surface area contributed by atoms with Crippen molar-refractivity contribution in [1.82, 2.24) is 4.98 Å². The topological polar surface area (TPSA) is 105 Å². The fourth-order valence-electron chi connectivity index (χ4n) is 2.18. The van der Waals surface area contributed by atoms with Gasteiger partial charge >= 0.3 is 11.7 Å². The molecule has 0 bridgehead atoms. The van der Waals surface area contributed by atoms with Crippen LogP contribution in [0.3, 0.4) is 0 Å². The minimum absolute atomic E-state index is 0.0133. The molecule has 0 fully saturated rings. The van der Waals surface area contributed by atoms with Crippen molar-refractivity contribution in [3.63, 3.8) is 0 Å². The van der Waals surface area contributed by atoms with E-state index in [1.165, 1.54) is 24.4 Å². The normalized spacial score (nSPS) is 10.4. The van der Waals surface area contributed by atoms with Crippen molar-refractivity contribution in [3.05, 3.63) is 75.8 Å². The molecule has 0 saturated carbocycles. The molecule has 0 N–H and O–H groups in total. The van der Waals surface area contributed by atoms with E-state index in [1.807, 2.05) is 0 Å². The predicted octanol–water partition coefficient (Wildman–Crippen LogP) is 4.03. The first-order valence-corrected chi connectivity index (χ1v) is 8.13. The zero-order chi connectivity index (χ0) is 19.2. The van der Waals surface area contributed by atoms with E-state index >= 15 is 0 Å². The molecule has 1 heterocycles. The van der Waals surface area contributed by atoms with Crippen molar-refractivity contribution in [1.29, 1.82) is 0 Å². The number of oxazole rings is 1. The Labute approximate surface area is 158 Å². The molecule has 138 valence electrons. The summed E-state index contributed by atoms with van der Waals surface area (Å²) >= 11 is 5.84. The van der Waals surface area contributed by atoms with Crippen molar-refractivity contribution in [3.8, 4) is 17.1 Å². The Hall–Kier alpha value is -3.39. The molecule has 3 rings (SSSR count). The van der Waals surface area contributed by atoms with Crippen LogP contribution in [0.1, 0.15) is 5.89 Å². The van der Waals surface area contributed by atoms with E-state index < -0.39 is 17.5 Å². The number of ether oxygens (including phenoxy) is 2. The summed E-state index contributed by atoms with van der Waals surface area (Å²) in [5.41, 5.74) is 0.551. The van der Waals surface area contributed by atoms with Gasteiger partial charge in [-0.15, -0.1) is 0 Å². The van der Waals surface area contributed by atoms with Crippen molar-refractivity contribution in [2.75, 3.05) is 6.61 Å². The zero-order valence-corrected chi connectivity index (χ0v) is 14.6. The van der Waals surface area contributed by atoms with E-state index in [9.17, 15) is 14.9 Å². The maximum atomic E-state index is 11.8. The first-order chi connectivity index (χ1) is 13.0. The van der Waals surface area contributed by atoms with E-state index in [0.29, 0.717) is 10.8 Å². The van der Waals surface area contributed by atoms with Gasteiger partial charge in [0.05, 0.1) is 11.1 Å². The summed E-state index contributed by atoms with van der Waals surface area (Å²) in [5.74, 6) is -0.00661. The van der Waals surface area contributed by atoms with E-state index in [4.69, 9.17) is 25.5 Å². The Morgan fingerprint density at radius 2 is 1.93 bits per heavy atom. The van der Waals surface area contributed by atoms with Gasteiger partial charge in [0.1, 0.15) is 0 Å². The molecule has 0 radical (unpaired) electrons. The second kappa shape index (κ2) is 8.33. The monoisotopic (exact) mass is 388 g/mol. The van der Waals surface area contributed by atoms with Crippen LogP contribution >= 0.6 is 11.6 Å². The predicted molar refractivity (Wildman–Crippen MR) is 95.3 cm³/mol. The lowest BCUT2D eigenvalue weighted by atomic mass is 10.2. The molecule has 0 spiro atoms. The average molecular weight is 389 g/mol. The molecule has 27 heavy (non-hydrogen) atoms. The minimum atomic E-state index is -0.709. The summed E-state index contributed by atoms with van der Waals surface area (Å²) in [7, 11) is 0. The van der Waals surface area contributed by atoms with E-state index in [2.05, 4.69) is 4.98 Å². The van der Waals surface area contributed by atoms with Gasteiger partial charge in [0.2, 0.25) is 5.89 Å². The molecule has 0 amide bonds. The number of esters is 1. The van der Waals surface area contributed by atoms with Gasteiger partial charge in [-0.25, -0.2) is 9.78 Å². The van der Waals surface area contributed by atoms with Crippen LogP contribution in [-0.4, -0.2) is 22.5 Å². The smallest absolute Gasteiger partial charge is 0.344 e. The first kappa shape index (κ1) is 18.4. The molecular weight excluding hydrogens is 376 g/mol. The zero-order valence-electron chi connectivity index (χ0n) is 13.8. The Bertz CT molecular complexity index is 954. The summed E-state index contributed by atoms with van der Waals surface area (Å²) in [6.07, 6.45) is 1.51. The van der Waals surface area contributed by atoms with Gasteiger partial charge in [0.15, 0.2) is 24.7 Å². The molecule has 0 aliphatic rings. The minimum Gasteiger partial charge on any atom is -0.475 e. The van der Waals surface area contributed by atoms with Crippen LogP contribution in [0.15, 0.2) is 59.1 Å². The largest absolute Gasteiger partial charge is 0.475 e. The van der Waals surface area contributed by atoms with Gasteiger partial charge in [-0.3, -0.25) is 10.1 Å². The van der Waals surface area contributed by atoms with Gasteiger partial charge in [0.25, 0.3) is 0 Å². The highest BCUT2D eigenvalue weighted by molar-refractivity contribution is 6.30. The van der Waals surface area contributed by atoms with Crippen LogP contribution in [0.4, 0.5) is 5.69 Å². The summed E-state index contributed by atoms with van der Waals surface area (Å²) in [6.45, 7) is -0.664. The van der Waals surface area contributed by atoms with E-state index in [0.717, 1.165) is 5.56 Å². The summed E-state index contributed by atoms with van der Waals surface area (Å²) < 4.78 is 15.7. The number of benzene rings is 2. The van der Waals surface area contributed by atoms with Crippen molar-refractivity contribution in [2.45, 2.75) is 6.61 Å². The molecule has 0 unspecified atom stereocenters. The molecule has 0 atom stereocenters. The highest BCUT2D eigenvalue weighted by atomic mass is 35.5. The highest BCUT2D eigenvalue weighted by Crippen LogP contribution is 2.26. The van der Waals surface area contributed by atoms with E-state index in [1.54, 1.807) is 30.3 Å². The lowest BCUT2D eigenvalue weighted by Crippen LogP contribution is -2.15. The van der Waals surface area contributed by atoms with Crippen molar-refractivity contribution in [2.24, 2.45) is 0 Å². The lowest BCUT2D eigenvalue weighted by Gasteiger charge is -2.06. The molecule has 9 heteroatoms. The number of aromatic nitrogens is 1. The average Bonchev–Trinajstić information content (AvgIpc) is 3.14. The number of nitro groups is 1. The van der Waals surface area contributed by atoms with Crippen LogP contribution < -0.4 is 4.74 Å². The number of nitrogens with zero attached hydrogens (tertiary/aromatic N) is 2. The molecule has 8 nitrogen and oxygen atoms in total.